The molecule has 4 aliphatic rings. The van der Waals surface area contributed by atoms with Crippen LogP contribution in [0.1, 0.15) is 13.8 Å². The van der Waals surface area contributed by atoms with Crippen molar-refractivity contribution in [1.29, 1.82) is 0 Å². The standard InChI is InChI=1S/C20H12F16O6/c1-5(21)9(37)39-7(3)41-13-16(27,28)11(23)15(25,26)12(24,17(13,29)30)19(33,34)14(18(11,31)32,20(13,35)36)42-8(4)40-10(38)6(2)22/h7-8H,1-2H2,3-4H3. The molecule has 4 rings (SSSR count). The largest absolute Gasteiger partial charge is 0.431 e. The summed E-state index contributed by atoms with van der Waals surface area (Å²) < 4.78 is 256. The fourth-order valence-electron chi connectivity index (χ4n) is 5.24. The summed E-state index contributed by atoms with van der Waals surface area (Å²) in [6.07, 6.45) is -7.29. The maximum atomic E-state index is 15.9. The molecule has 4 aliphatic carbocycles. The fourth-order valence-corrected chi connectivity index (χ4v) is 5.24. The molecule has 42 heavy (non-hydrogen) atoms. The Balaban J connectivity index is 2.53. The van der Waals surface area contributed by atoms with Crippen LogP contribution in [0.5, 0.6) is 0 Å². The summed E-state index contributed by atoms with van der Waals surface area (Å²) in [4.78, 5) is 22.5. The highest BCUT2D eigenvalue weighted by Crippen LogP contribution is 2.88. The van der Waals surface area contributed by atoms with Crippen molar-refractivity contribution in [2.24, 2.45) is 0 Å². The molecule has 0 amide bonds. The van der Waals surface area contributed by atoms with E-state index in [4.69, 9.17) is 0 Å². The van der Waals surface area contributed by atoms with Crippen molar-refractivity contribution < 1.29 is 98.8 Å². The molecule has 0 N–H and O–H groups in total. The highest BCUT2D eigenvalue weighted by Gasteiger charge is 3.23. The summed E-state index contributed by atoms with van der Waals surface area (Å²) in [5.74, 6) is -56.8. The second kappa shape index (κ2) is 8.44. The number of halogens is 16. The van der Waals surface area contributed by atoms with E-state index in [-0.39, 0.29) is 13.8 Å². The molecule has 22 heteroatoms. The van der Waals surface area contributed by atoms with Gasteiger partial charge < -0.3 is 18.9 Å². The van der Waals surface area contributed by atoms with Gasteiger partial charge in [-0.2, -0.15) is 61.5 Å². The lowest BCUT2D eigenvalue weighted by atomic mass is 9.39. The molecule has 0 aliphatic heterocycles. The van der Waals surface area contributed by atoms with Crippen LogP contribution >= 0.6 is 0 Å². The lowest BCUT2D eigenvalue weighted by Gasteiger charge is -2.76. The molecule has 4 fully saturated rings. The highest BCUT2D eigenvalue weighted by molar-refractivity contribution is 5.85. The molecular weight excluding hydrogens is 640 g/mol. The first-order chi connectivity index (χ1) is 18.4. The minimum absolute atomic E-state index is 0.212. The van der Waals surface area contributed by atoms with Gasteiger partial charge in [0.05, 0.1) is 0 Å². The maximum absolute atomic E-state index is 15.9. The van der Waals surface area contributed by atoms with Crippen LogP contribution < -0.4 is 0 Å². The van der Waals surface area contributed by atoms with Crippen LogP contribution in [-0.2, 0) is 28.5 Å². The van der Waals surface area contributed by atoms with Crippen LogP contribution in [0, 0.1) is 0 Å². The first-order valence-corrected chi connectivity index (χ1v) is 10.6. The molecule has 4 saturated carbocycles. The summed E-state index contributed by atoms with van der Waals surface area (Å²) in [5, 5.41) is 0. The predicted octanol–water partition coefficient (Wildman–Crippen LogP) is 5.51. The Kier molecular flexibility index (Phi) is 6.77. The van der Waals surface area contributed by atoms with E-state index in [1.54, 1.807) is 0 Å². The second-order valence-corrected chi connectivity index (χ2v) is 9.12. The van der Waals surface area contributed by atoms with Crippen LogP contribution in [0.15, 0.2) is 24.8 Å². The van der Waals surface area contributed by atoms with Crippen molar-refractivity contribution in [3.63, 3.8) is 0 Å². The van der Waals surface area contributed by atoms with Crippen molar-refractivity contribution in [2.75, 3.05) is 0 Å². The molecule has 6 nitrogen and oxygen atoms in total. The summed E-state index contributed by atoms with van der Waals surface area (Å²) >= 11 is 0. The van der Waals surface area contributed by atoms with E-state index >= 15 is 52.7 Å². The molecule has 2 atom stereocenters. The van der Waals surface area contributed by atoms with Crippen LogP contribution in [0.25, 0.3) is 0 Å². The Bertz CT molecular complexity index is 1120. The van der Waals surface area contributed by atoms with E-state index in [2.05, 4.69) is 32.1 Å². The first kappa shape index (κ1) is 33.7. The van der Waals surface area contributed by atoms with Gasteiger partial charge in [0.2, 0.25) is 24.2 Å². The molecule has 0 spiro atoms. The zero-order chi connectivity index (χ0) is 33.3. The normalized spacial score (nSPS) is 38.7. The Hall–Kier alpha value is -2.78. The first-order valence-electron chi connectivity index (χ1n) is 10.6. The van der Waals surface area contributed by atoms with Gasteiger partial charge in [0, 0.05) is 0 Å². The molecule has 0 aromatic heterocycles. The third kappa shape index (κ3) is 2.84. The zero-order valence-electron chi connectivity index (χ0n) is 20.1. The number of rotatable bonds is 8. The van der Waals surface area contributed by atoms with Crippen LogP contribution in [-0.4, -0.2) is 82.6 Å². The second-order valence-electron chi connectivity index (χ2n) is 9.12. The average molecular weight is 652 g/mol. The summed E-state index contributed by atoms with van der Waals surface area (Å²) in [5.41, 5.74) is -30.3. The highest BCUT2D eigenvalue weighted by atomic mass is 19.3. The van der Waals surface area contributed by atoms with Gasteiger partial charge in [-0.25, -0.2) is 18.4 Å². The van der Waals surface area contributed by atoms with Gasteiger partial charge in [0.15, 0.2) is 0 Å². The van der Waals surface area contributed by atoms with Gasteiger partial charge in [0.25, 0.3) is 11.2 Å². The van der Waals surface area contributed by atoms with Crippen LogP contribution in [0.3, 0.4) is 0 Å². The SMILES string of the molecule is C=C(F)C(=O)OC(C)OC12C(F)(F)C3(F)C(F)(F)C(F)(C1(F)F)C(F)(F)C(OC(C)OC(=O)C(=C)F)(C3(F)F)C2(F)F. The molecule has 0 aromatic rings. The average Bonchev–Trinajstić information content (AvgIpc) is 2.80. The number of carbonyl (C=O) groups excluding carboxylic acids is 2. The van der Waals surface area contributed by atoms with Gasteiger partial charge in [-0.3, -0.25) is 0 Å². The van der Waals surface area contributed by atoms with Gasteiger partial charge >= 0.3 is 58.8 Å². The third-order valence-electron chi connectivity index (χ3n) is 6.92. The lowest BCUT2D eigenvalue weighted by molar-refractivity contribution is -0.637. The van der Waals surface area contributed by atoms with E-state index in [0.29, 0.717) is 0 Å². The smallest absolute Gasteiger partial charge is 0.368 e. The molecule has 2 unspecified atom stereocenters. The minimum atomic E-state index is -8.02. The molecular formula is C20H12F16O6. The van der Waals surface area contributed by atoms with Crippen LogP contribution in [0.4, 0.5) is 70.2 Å². The Morgan fingerprint density at radius 2 is 0.738 bits per heavy atom. The van der Waals surface area contributed by atoms with Crippen LogP contribution in [0.2, 0.25) is 0 Å². The molecule has 0 heterocycles. The number of ether oxygens (including phenoxy) is 4. The van der Waals surface area contributed by atoms with Crippen molar-refractivity contribution in [2.45, 2.75) is 84.5 Å². The van der Waals surface area contributed by atoms with E-state index in [0.717, 1.165) is 0 Å². The molecule has 0 radical (unpaired) electrons. The third-order valence-corrected chi connectivity index (χ3v) is 6.92. The Labute approximate surface area is 221 Å². The lowest BCUT2D eigenvalue weighted by Crippen LogP contribution is -3.11. The summed E-state index contributed by atoms with van der Waals surface area (Å²) in [6, 6.07) is 0. The quantitative estimate of drug-likeness (QED) is 0.149. The number of alkyl halides is 14. The molecule has 240 valence electrons. The molecule has 4 bridgehead atoms. The number of esters is 2. The van der Waals surface area contributed by atoms with Crippen molar-refractivity contribution in [3.8, 4) is 0 Å². The van der Waals surface area contributed by atoms with Crippen molar-refractivity contribution in [1.82, 2.24) is 0 Å². The molecule has 0 saturated heterocycles. The number of hydrogen-bond donors (Lipinski definition) is 0. The van der Waals surface area contributed by atoms with Gasteiger partial charge in [-0.05, 0) is 13.8 Å². The number of carbonyl (C=O) groups is 2. The van der Waals surface area contributed by atoms with Gasteiger partial charge in [0.1, 0.15) is 0 Å². The van der Waals surface area contributed by atoms with Gasteiger partial charge in [-0.15, -0.1) is 0 Å². The minimum Gasteiger partial charge on any atom is -0.431 e. The molecule has 0 aromatic carbocycles. The van der Waals surface area contributed by atoms with E-state index in [1.807, 2.05) is 0 Å². The van der Waals surface area contributed by atoms with E-state index in [9.17, 15) is 27.2 Å². The Morgan fingerprint density at radius 3 is 0.952 bits per heavy atom. The summed E-state index contributed by atoms with van der Waals surface area (Å²) in [6.45, 7) is 4.03. The monoisotopic (exact) mass is 652 g/mol. The Morgan fingerprint density at radius 1 is 0.500 bits per heavy atom. The fraction of sp³-hybridized carbons (Fsp3) is 0.700. The van der Waals surface area contributed by atoms with Crippen molar-refractivity contribution >= 4 is 11.9 Å². The predicted molar refractivity (Wildman–Crippen MR) is 96.6 cm³/mol. The van der Waals surface area contributed by atoms with Gasteiger partial charge in [-0.1, -0.05) is 13.2 Å². The zero-order valence-corrected chi connectivity index (χ0v) is 20.1. The summed E-state index contributed by atoms with van der Waals surface area (Å²) in [7, 11) is 0. The maximum Gasteiger partial charge on any atom is 0.368 e. The number of hydrogen-bond acceptors (Lipinski definition) is 6. The van der Waals surface area contributed by atoms with E-state index in [1.165, 1.54) is 0 Å². The van der Waals surface area contributed by atoms with Crippen molar-refractivity contribution in [3.05, 3.63) is 24.8 Å². The van der Waals surface area contributed by atoms with E-state index < -0.39 is 94.2 Å². The topological polar surface area (TPSA) is 71.1 Å².